The van der Waals surface area contributed by atoms with Crippen LogP contribution in [0.25, 0.3) is 0 Å². The van der Waals surface area contributed by atoms with Crippen LogP contribution in [0.2, 0.25) is 0 Å². The molecule has 0 saturated heterocycles. The Morgan fingerprint density at radius 1 is 1.47 bits per heavy atom. The van der Waals surface area contributed by atoms with Crippen LogP contribution in [-0.4, -0.2) is 25.6 Å². The Kier molecular flexibility index (Phi) is 4.07. The highest BCUT2D eigenvalue weighted by atomic mass is 16.5. The fourth-order valence-corrected chi connectivity index (χ4v) is 1.86. The van der Waals surface area contributed by atoms with E-state index >= 15 is 0 Å². The highest BCUT2D eigenvalue weighted by Crippen LogP contribution is 2.28. The van der Waals surface area contributed by atoms with Crippen molar-refractivity contribution in [2.75, 3.05) is 25.0 Å². The van der Waals surface area contributed by atoms with E-state index in [4.69, 9.17) is 10.5 Å². The molecule has 0 saturated carbocycles. The molecule has 19 heavy (non-hydrogen) atoms. The maximum atomic E-state index is 11.3. The van der Waals surface area contributed by atoms with Crippen LogP contribution in [-0.2, 0) is 11.3 Å². The second kappa shape index (κ2) is 5.59. The number of ether oxygens (including phenoxy) is 1. The molecule has 0 unspecified atom stereocenters. The third-order valence-corrected chi connectivity index (χ3v) is 3.16. The van der Waals surface area contributed by atoms with E-state index in [1.807, 2.05) is 18.2 Å². The molecule has 5 heteroatoms. The zero-order valence-electron chi connectivity index (χ0n) is 11.5. The van der Waals surface area contributed by atoms with E-state index in [1.165, 1.54) is 0 Å². The lowest BCUT2D eigenvalue weighted by molar-refractivity contribution is -0.118. The van der Waals surface area contributed by atoms with Gasteiger partial charge in [-0.05, 0) is 29.7 Å². The number of hydrogen-bond donors (Lipinski definition) is 3. The lowest BCUT2D eigenvalue weighted by Gasteiger charge is -2.23. The molecule has 4 N–H and O–H groups in total. The topological polar surface area (TPSA) is 76.4 Å². The van der Waals surface area contributed by atoms with Crippen molar-refractivity contribution in [3.05, 3.63) is 23.8 Å². The van der Waals surface area contributed by atoms with Gasteiger partial charge in [-0.3, -0.25) is 4.79 Å². The number of nitrogens with two attached hydrogens (primary N) is 1. The van der Waals surface area contributed by atoms with Gasteiger partial charge in [0.2, 0.25) is 0 Å². The molecule has 0 spiro atoms. The molecule has 0 radical (unpaired) electrons. The molecule has 1 aromatic carbocycles. The summed E-state index contributed by atoms with van der Waals surface area (Å²) in [7, 11) is 0. The van der Waals surface area contributed by atoms with E-state index in [1.54, 1.807) is 0 Å². The van der Waals surface area contributed by atoms with Gasteiger partial charge in [0.1, 0.15) is 5.75 Å². The standard InChI is InChI=1S/C14H21N3O2/c1-14(2,8-15)9-16-6-10-3-4-12-11(5-10)17-13(18)7-19-12/h3-5,16H,6-9,15H2,1-2H3,(H,17,18). The summed E-state index contributed by atoms with van der Waals surface area (Å²) in [6.07, 6.45) is 0. The first-order valence-electron chi connectivity index (χ1n) is 6.46. The van der Waals surface area contributed by atoms with Crippen LogP contribution in [0.4, 0.5) is 5.69 Å². The van der Waals surface area contributed by atoms with Crippen LogP contribution < -0.4 is 21.1 Å². The van der Waals surface area contributed by atoms with Gasteiger partial charge in [0, 0.05) is 13.1 Å². The summed E-state index contributed by atoms with van der Waals surface area (Å²) in [5, 5.41) is 6.18. The van der Waals surface area contributed by atoms with E-state index in [0.29, 0.717) is 6.54 Å². The summed E-state index contributed by atoms with van der Waals surface area (Å²) < 4.78 is 5.32. The van der Waals surface area contributed by atoms with Crippen molar-refractivity contribution in [1.29, 1.82) is 0 Å². The van der Waals surface area contributed by atoms with Gasteiger partial charge in [0.15, 0.2) is 6.61 Å². The molecule has 1 aliphatic rings. The van der Waals surface area contributed by atoms with Gasteiger partial charge < -0.3 is 21.1 Å². The van der Waals surface area contributed by atoms with Gasteiger partial charge >= 0.3 is 0 Å². The summed E-state index contributed by atoms with van der Waals surface area (Å²) in [5.74, 6) is 0.618. The number of carbonyl (C=O) groups excluding carboxylic acids is 1. The lowest BCUT2D eigenvalue weighted by atomic mass is 9.94. The fourth-order valence-electron chi connectivity index (χ4n) is 1.86. The van der Waals surface area contributed by atoms with E-state index in [-0.39, 0.29) is 17.9 Å². The lowest BCUT2D eigenvalue weighted by Crippen LogP contribution is -2.35. The zero-order chi connectivity index (χ0) is 13.9. The Hall–Kier alpha value is -1.59. The van der Waals surface area contributed by atoms with Crippen LogP contribution >= 0.6 is 0 Å². The molecule has 1 amide bonds. The second-order valence-corrected chi connectivity index (χ2v) is 5.64. The summed E-state index contributed by atoms with van der Waals surface area (Å²) in [4.78, 5) is 11.3. The van der Waals surface area contributed by atoms with Crippen molar-refractivity contribution in [2.45, 2.75) is 20.4 Å². The van der Waals surface area contributed by atoms with Gasteiger partial charge in [-0.1, -0.05) is 19.9 Å². The van der Waals surface area contributed by atoms with E-state index < -0.39 is 0 Å². The first-order valence-corrected chi connectivity index (χ1v) is 6.46. The minimum Gasteiger partial charge on any atom is -0.482 e. The third-order valence-electron chi connectivity index (χ3n) is 3.16. The molecule has 0 atom stereocenters. The van der Waals surface area contributed by atoms with Crippen molar-refractivity contribution in [3.8, 4) is 5.75 Å². The molecular weight excluding hydrogens is 242 g/mol. The van der Waals surface area contributed by atoms with E-state index in [0.717, 1.165) is 30.1 Å². The zero-order valence-corrected chi connectivity index (χ0v) is 11.5. The molecule has 0 fully saturated rings. The van der Waals surface area contributed by atoms with Crippen molar-refractivity contribution in [3.63, 3.8) is 0 Å². The third kappa shape index (κ3) is 3.68. The van der Waals surface area contributed by atoms with Crippen LogP contribution in [0.15, 0.2) is 18.2 Å². The minimum absolute atomic E-state index is 0.0888. The Labute approximate surface area is 113 Å². The van der Waals surface area contributed by atoms with Gasteiger partial charge in [-0.2, -0.15) is 0 Å². The van der Waals surface area contributed by atoms with Gasteiger partial charge in [0.05, 0.1) is 5.69 Å². The number of benzene rings is 1. The maximum absolute atomic E-state index is 11.3. The number of rotatable bonds is 5. The Bertz CT molecular complexity index is 472. The van der Waals surface area contributed by atoms with Gasteiger partial charge in [0.25, 0.3) is 5.91 Å². The molecule has 0 aliphatic carbocycles. The molecular formula is C14H21N3O2. The smallest absolute Gasteiger partial charge is 0.262 e. The first kappa shape index (κ1) is 13.8. The van der Waals surface area contributed by atoms with Crippen LogP contribution in [0.1, 0.15) is 19.4 Å². The van der Waals surface area contributed by atoms with Crippen molar-refractivity contribution >= 4 is 11.6 Å². The van der Waals surface area contributed by atoms with Crippen molar-refractivity contribution < 1.29 is 9.53 Å². The quantitative estimate of drug-likeness (QED) is 0.743. The fraction of sp³-hybridized carbons (Fsp3) is 0.500. The molecule has 2 rings (SSSR count). The summed E-state index contributed by atoms with van der Waals surface area (Å²) in [5.41, 5.74) is 7.63. The average Bonchev–Trinajstić information content (AvgIpc) is 2.38. The van der Waals surface area contributed by atoms with Gasteiger partial charge in [-0.15, -0.1) is 0 Å². The van der Waals surface area contributed by atoms with Crippen LogP contribution in [0.3, 0.4) is 0 Å². The number of anilines is 1. The SMILES string of the molecule is CC(C)(CN)CNCc1ccc2c(c1)NC(=O)CO2. The molecule has 5 nitrogen and oxygen atoms in total. The molecule has 104 valence electrons. The number of carbonyl (C=O) groups is 1. The van der Waals surface area contributed by atoms with Crippen LogP contribution in [0.5, 0.6) is 5.75 Å². The van der Waals surface area contributed by atoms with E-state index in [9.17, 15) is 4.79 Å². The summed E-state index contributed by atoms with van der Waals surface area (Å²) in [6.45, 7) is 6.58. The minimum atomic E-state index is -0.109. The second-order valence-electron chi connectivity index (χ2n) is 5.64. The highest BCUT2D eigenvalue weighted by Gasteiger charge is 2.17. The molecule has 0 bridgehead atoms. The normalized spacial score (nSPS) is 14.6. The first-order chi connectivity index (χ1) is 9.00. The van der Waals surface area contributed by atoms with Crippen molar-refractivity contribution in [2.24, 2.45) is 11.1 Å². The maximum Gasteiger partial charge on any atom is 0.262 e. The summed E-state index contributed by atoms with van der Waals surface area (Å²) >= 11 is 0. The van der Waals surface area contributed by atoms with Crippen molar-refractivity contribution in [1.82, 2.24) is 5.32 Å². The molecule has 1 aliphatic heterocycles. The average molecular weight is 263 g/mol. The van der Waals surface area contributed by atoms with Crippen LogP contribution in [0, 0.1) is 5.41 Å². The highest BCUT2D eigenvalue weighted by molar-refractivity contribution is 5.95. The number of hydrogen-bond acceptors (Lipinski definition) is 4. The number of fused-ring (bicyclic) bond motifs is 1. The van der Waals surface area contributed by atoms with Gasteiger partial charge in [-0.25, -0.2) is 0 Å². The monoisotopic (exact) mass is 263 g/mol. The predicted octanol–water partition coefficient (Wildman–Crippen LogP) is 1.09. The summed E-state index contributed by atoms with van der Waals surface area (Å²) in [6, 6.07) is 5.83. The van der Waals surface area contributed by atoms with E-state index in [2.05, 4.69) is 24.5 Å². The number of amides is 1. The molecule has 1 heterocycles. The Morgan fingerprint density at radius 2 is 2.26 bits per heavy atom. The largest absolute Gasteiger partial charge is 0.482 e. The number of nitrogens with one attached hydrogen (secondary N) is 2. The Morgan fingerprint density at radius 3 is 3.00 bits per heavy atom. The molecule has 0 aromatic heterocycles. The Balaban J connectivity index is 1.95. The predicted molar refractivity (Wildman–Crippen MR) is 75.1 cm³/mol. The molecule has 1 aromatic rings.